The number of rotatable bonds is 8. The Bertz CT molecular complexity index is 679. The molecule has 2 unspecified atom stereocenters. The van der Waals surface area contributed by atoms with E-state index >= 15 is 0 Å². The molecule has 1 aliphatic heterocycles. The van der Waals surface area contributed by atoms with Crippen molar-refractivity contribution in [3.8, 4) is 17.2 Å². The molecule has 0 radical (unpaired) electrons. The molecular weight excluding hydrogens is 360 g/mol. The fourth-order valence-corrected chi connectivity index (χ4v) is 3.59. The average molecular weight is 392 g/mol. The predicted octanol–water partition coefficient (Wildman–Crippen LogP) is 2.44. The number of nitrogens with one attached hydrogen (secondary N) is 1. The molecule has 7 heteroatoms. The highest BCUT2D eigenvalue weighted by atomic mass is 16.5. The SMILES string of the molecule is CCC(=O)N1CC(C(=O)NCC(C)C)C(c2cc(OC)c(OC)c(OC)c2)C1. The van der Waals surface area contributed by atoms with E-state index in [1.54, 1.807) is 26.2 Å². The van der Waals surface area contributed by atoms with Crippen molar-refractivity contribution in [3.63, 3.8) is 0 Å². The summed E-state index contributed by atoms with van der Waals surface area (Å²) in [4.78, 5) is 27.0. The van der Waals surface area contributed by atoms with Crippen molar-refractivity contribution < 1.29 is 23.8 Å². The van der Waals surface area contributed by atoms with Crippen LogP contribution in [0.15, 0.2) is 12.1 Å². The Morgan fingerprint density at radius 2 is 1.71 bits per heavy atom. The molecule has 2 atom stereocenters. The highest BCUT2D eigenvalue weighted by molar-refractivity contribution is 5.83. The summed E-state index contributed by atoms with van der Waals surface area (Å²) in [5.74, 6) is 1.51. The van der Waals surface area contributed by atoms with Gasteiger partial charge in [0.2, 0.25) is 17.6 Å². The summed E-state index contributed by atoms with van der Waals surface area (Å²) in [5.41, 5.74) is 0.894. The Labute approximate surface area is 167 Å². The highest BCUT2D eigenvalue weighted by Gasteiger charge is 2.40. The molecule has 1 N–H and O–H groups in total. The number of amides is 2. The van der Waals surface area contributed by atoms with Gasteiger partial charge in [0.15, 0.2) is 11.5 Å². The van der Waals surface area contributed by atoms with Gasteiger partial charge in [-0.3, -0.25) is 9.59 Å². The van der Waals surface area contributed by atoms with Crippen LogP contribution < -0.4 is 19.5 Å². The first-order chi connectivity index (χ1) is 13.4. The maximum Gasteiger partial charge on any atom is 0.225 e. The quantitative estimate of drug-likeness (QED) is 0.735. The van der Waals surface area contributed by atoms with Crippen molar-refractivity contribution in [1.82, 2.24) is 10.2 Å². The summed E-state index contributed by atoms with van der Waals surface area (Å²) in [6, 6.07) is 3.74. The zero-order valence-corrected chi connectivity index (χ0v) is 17.7. The van der Waals surface area contributed by atoms with Crippen LogP contribution in [0, 0.1) is 11.8 Å². The first-order valence-corrected chi connectivity index (χ1v) is 9.71. The van der Waals surface area contributed by atoms with E-state index in [0.717, 1.165) is 5.56 Å². The van der Waals surface area contributed by atoms with Gasteiger partial charge in [0.25, 0.3) is 0 Å². The van der Waals surface area contributed by atoms with Gasteiger partial charge in [-0.2, -0.15) is 0 Å². The molecule has 1 saturated heterocycles. The number of methoxy groups -OCH3 is 3. The lowest BCUT2D eigenvalue weighted by molar-refractivity contribution is -0.130. The number of hydrogen-bond donors (Lipinski definition) is 1. The van der Waals surface area contributed by atoms with Crippen LogP contribution in [0.25, 0.3) is 0 Å². The summed E-state index contributed by atoms with van der Waals surface area (Å²) in [6.45, 7) is 7.46. The monoisotopic (exact) mass is 392 g/mol. The first-order valence-electron chi connectivity index (χ1n) is 9.71. The van der Waals surface area contributed by atoms with Gasteiger partial charge in [-0.1, -0.05) is 20.8 Å². The van der Waals surface area contributed by atoms with Crippen molar-refractivity contribution in [2.75, 3.05) is 41.0 Å². The van der Waals surface area contributed by atoms with E-state index < -0.39 is 0 Å². The van der Waals surface area contributed by atoms with Gasteiger partial charge in [-0.05, 0) is 23.6 Å². The van der Waals surface area contributed by atoms with E-state index in [-0.39, 0.29) is 23.7 Å². The third-order valence-corrected chi connectivity index (χ3v) is 5.11. The first kappa shape index (κ1) is 21.9. The molecule has 156 valence electrons. The molecule has 7 nitrogen and oxygen atoms in total. The summed E-state index contributed by atoms with van der Waals surface area (Å²) in [6.07, 6.45) is 0.419. The van der Waals surface area contributed by atoms with E-state index in [1.165, 1.54) is 0 Å². The minimum Gasteiger partial charge on any atom is -0.493 e. The Morgan fingerprint density at radius 1 is 1.11 bits per heavy atom. The molecule has 2 rings (SSSR count). The maximum absolute atomic E-state index is 12.9. The van der Waals surface area contributed by atoms with Gasteiger partial charge in [0.1, 0.15) is 0 Å². The molecule has 1 aromatic rings. The predicted molar refractivity (Wildman–Crippen MR) is 107 cm³/mol. The molecule has 2 amide bonds. The van der Waals surface area contributed by atoms with Crippen molar-refractivity contribution in [1.29, 1.82) is 0 Å². The van der Waals surface area contributed by atoms with Crippen LogP contribution in [0.3, 0.4) is 0 Å². The standard InChI is InChI=1S/C21H32N2O5/c1-7-19(24)23-11-15(16(12-23)21(25)22-10-13(2)3)14-8-17(26-4)20(28-6)18(9-14)27-5/h8-9,13,15-16H,7,10-12H2,1-6H3,(H,22,25). The topological polar surface area (TPSA) is 77.1 Å². The number of benzene rings is 1. The van der Waals surface area contributed by atoms with Crippen LogP contribution in [0.1, 0.15) is 38.7 Å². The summed E-state index contributed by atoms with van der Waals surface area (Å²) in [7, 11) is 4.68. The van der Waals surface area contributed by atoms with Crippen LogP contribution in [-0.4, -0.2) is 57.7 Å². The van der Waals surface area contributed by atoms with Crippen LogP contribution in [0.4, 0.5) is 0 Å². The molecule has 1 aromatic carbocycles. The van der Waals surface area contributed by atoms with E-state index in [0.29, 0.717) is 49.2 Å². The van der Waals surface area contributed by atoms with E-state index in [1.807, 2.05) is 19.1 Å². The van der Waals surface area contributed by atoms with Crippen LogP contribution in [0.2, 0.25) is 0 Å². The van der Waals surface area contributed by atoms with Gasteiger partial charge >= 0.3 is 0 Å². The van der Waals surface area contributed by atoms with Crippen molar-refractivity contribution in [3.05, 3.63) is 17.7 Å². The smallest absolute Gasteiger partial charge is 0.225 e. The molecule has 1 aliphatic rings. The number of ether oxygens (including phenoxy) is 3. The largest absolute Gasteiger partial charge is 0.493 e. The fourth-order valence-electron chi connectivity index (χ4n) is 3.59. The maximum atomic E-state index is 12.9. The molecule has 0 aliphatic carbocycles. The minimum absolute atomic E-state index is 0.0288. The van der Waals surface area contributed by atoms with Crippen LogP contribution >= 0.6 is 0 Å². The lowest BCUT2D eigenvalue weighted by atomic mass is 9.87. The molecule has 0 saturated carbocycles. The third kappa shape index (κ3) is 4.69. The zero-order chi connectivity index (χ0) is 20.8. The van der Waals surface area contributed by atoms with Crippen LogP contribution in [-0.2, 0) is 9.59 Å². The normalized spacial score (nSPS) is 18.9. The van der Waals surface area contributed by atoms with Gasteiger partial charge in [0, 0.05) is 32.0 Å². The van der Waals surface area contributed by atoms with Crippen molar-refractivity contribution in [2.45, 2.75) is 33.1 Å². The van der Waals surface area contributed by atoms with Gasteiger partial charge < -0.3 is 24.4 Å². The Hall–Kier alpha value is -2.44. The number of nitrogens with zero attached hydrogens (tertiary/aromatic N) is 1. The second kappa shape index (κ2) is 9.66. The van der Waals surface area contributed by atoms with Gasteiger partial charge in [0.05, 0.1) is 27.2 Å². The highest BCUT2D eigenvalue weighted by Crippen LogP contribution is 2.43. The third-order valence-electron chi connectivity index (χ3n) is 5.11. The Kier molecular flexibility index (Phi) is 7.54. The number of hydrogen-bond acceptors (Lipinski definition) is 5. The molecule has 28 heavy (non-hydrogen) atoms. The zero-order valence-electron chi connectivity index (χ0n) is 17.7. The van der Waals surface area contributed by atoms with E-state index in [9.17, 15) is 9.59 Å². The summed E-state index contributed by atoms with van der Waals surface area (Å²) < 4.78 is 16.3. The number of carbonyl (C=O) groups is 2. The summed E-state index contributed by atoms with van der Waals surface area (Å²) >= 11 is 0. The Balaban J connectivity index is 2.40. The molecule has 0 spiro atoms. The minimum atomic E-state index is -0.322. The summed E-state index contributed by atoms with van der Waals surface area (Å²) in [5, 5.41) is 3.02. The number of likely N-dealkylation sites (tertiary alicyclic amines) is 1. The molecule has 0 aromatic heterocycles. The van der Waals surface area contributed by atoms with Crippen LogP contribution in [0.5, 0.6) is 17.2 Å². The van der Waals surface area contributed by atoms with Crippen molar-refractivity contribution >= 4 is 11.8 Å². The second-order valence-corrected chi connectivity index (χ2v) is 7.46. The number of carbonyl (C=O) groups excluding carboxylic acids is 2. The lowest BCUT2D eigenvalue weighted by Gasteiger charge is -2.21. The van der Waals surface area contributed by atoms with Gasteiger partial charge in [-0.25, -0.2) is 0 Å². The van der Waals surface area contributed by atoms with Crippen molar-refractivity contribution in [2.24, 2.45) is 11.8 Å². The molecular formula is C21H32N2O5. The molecule has 1 heterocycles. The van der Waals surface area contributed by atoms with E-state index in [4.69, 9.17) is 14.2 Å². The average Bonchev–Trinajstić information content (AvgIpc) is 3.15. The molecule has 0 bridgehead atoms. The Morgan fingerprint density at radius 3 is 2.18 bits per heavy atom. The second-order valence-electron chi connectivity index (χ2n) is 7.46. The fraction of sp³-hybridized carbons (Fsp3) is 0.619. The molecule has 1 fully saturated rings. The van der Waals surface area contributed by atoms with Gasteiger partial charge in [-0.15, -0.1) is 0 Å². The van der Waals surface area contributed by atoms with E-state index in [2.05, 4.69) is 19.2 Å². The lowest BCUT2D eigenvalue weighted by Crippen LogP contribution is -2.37.